The van der Waals surface area contributed by atoms with Gasteiger partial charge < -0.3 is 10.1 Å². The lowest BCUT2D eigenvalue weighted by Gasteiger charge is -1.91. The summed E-state index contributed by atoms with van der Waals surface area (Å²) >= 11 is 0. The molecule has 70 valence electrons. The number of rotatable bonds is 2. The van der Waals surface area contributed by atoms with Gasteiger partial charge in [-0.15, -0.1) is 0 Å². The van der Waals surface area contributed by atoms with E-state index < -0.39 is 4.92 Å². The topological polar surface area (TPSA) is 71.8 Å². The van der Waals surface area contributed by atoms with E-state index in [0.29, 0.717) is 5.69 Å². The number of nitrogens with one attached hydrogen (secondary N) is 1. The third kappa shape index (κ3) is 1.47. The molecule has 0 spiro atoms. The van der Waals surface area contributed by atoms with Crippen LogP contribution in [-0.4, -0.2) is 14.9 Å². The van der Waals surface area contributed by atoms with Gasteiger partial charge in [-0.3, -0.25) is 0 Å². The molecule has 1 N–H and O–H groups in total. The average Bonchev–Trinajstić information content (AvgIpc) is 2.68. The van der Waals surface area contributed by atoms with Crippen molar-refractivity contribution in [1.82, 2.24) is 9.97 Å². The Balaban J connectivity index is 2.39. The minimum Gasteiger partial charge on any atom is -0.390 e. The van der Waals surface area contributed by atoms with Crippen molar-refractivity contribution in [2.24, 2.45) is 0 Å². The van der Waals surface area contributed by atoms with Crippen LogP contribution in [0.15, 0.2) is 36.5 Å². The molecule has 1 heterocycles. The molecule has 0 unspecified atom stereocenters. The van der Waals surface area contributed by atoms with Crippen LogP contribution in [0.4, 0.5) is 5.95 Å². The number of aromatic amines is 1. The second kappa shape index (κ2) is 3.29. The Morgan fingerprint density at radius 1 is 1.29 bits per heavy atom. The number of imidazole rings is 1. The van der Waals surface area contributed by atoms with Crippen molar-refractivity contribution < 1.29 is 4.92 Å². The summed E-state index contributed by atoms with van der Waals surface area (Å²) in [5.74, 6) is -0.233. The Labute approximate surface area is 79.6 Å². The van der Waals surface area contributed by atoms with E-state index in [0.717, 1.165) is 5.56 Å². The number of nitro groups is 1. The van der Waals surface area contributed by atoms with Crippen molar-refractivity contribution in [2.45, 2.75) is 0 Å². The first-order chi connectivity index (χ1) is 6.77. The Bertz CT molecular complexity index is 450. The van der Waals surface area contributed by atoms with Crippen LogP contribution in [0, 0.1) is 10.1 Å². The number of aromatic nitrogens is 2. The van der Waals surface area contributed by atoms with Crippen molar-refractivity contribution in [3.8, 4) is 11.3 Å². The van der Waals surface area contributed by atoms with Gasteiger partial charge in [0.1, 0.15) is 11.9 Å². The predicted molar refractivity (Wildman–Crippen MR) is 50.7 cm³/mol. The zero-order chi connectivity index (χ0) is 9.97. The average molecular weight is 189 g/mol. The molecule has 0 aliphatic heterocycles. The van der Waals surface area contributed by atoms with Crippen LogP contribution >= 0.6 is 0 Å². The van der Waals surface area contributed by atoms with Crippen molar-refractivity contribution in [1.29, 1.82) is 0 Å². The first-order valence-corrected chi connectivity index (χ1v) is 4.02. The van der Waals surface area contributed by atoms with E-state index in [9.17, 15) is 10.1 Å². The number of hydrogen-bond donors (Lipinski definition) is 1. The maximum atomic E-state index is 10.4. The van der Waals surface area contributed by atoms with E-state index in [1.54, 1.807) is 0 Å². The molecule has 14 heavy (non-hydrogen) atoms. The third-order valence-corrected chi connectivity index (χ3v) is 1.82. The quantitative estimate of drug-likeness (QED) is 0.580. The van der Waals surface area contributed by atoms with Crippen molar-refractivity contribution in [3.05, 3.63) is 46.6 Å². The largest absolute Gasteiger partial charge is 0.432 e. The first-order valence-electron chi connectivity index (χ1n) is 4.02. The lowest BCUT2D eigenvalue weighted by molar-refractivity contribution is -0.393. The van der Waals surface area contributed by atoms with Crippen LogP contribution in [0.25, 0.3) is 11.3 Å². The van der Waals surface area contributed by atoms with Gasteiger partial charge >= 0.3 is 5.95 Å². The van der Waals surface area contributed by atoms with Crippen LogP contribution in [0.3, 0.4) is 0 Å². The molecule has 0 radical (unpaired) electrons. The minimum absolute atomic E-state index is 0.233. The number of H-pyrrole nitrogens is 1. The second-order valence-corrected chi connectivity index (χ2v) is 2.74. The molecule has 2 aromatic rings. The highest BCUT2D eigenvalue weighted by Gasteiger charge is 2.11. The maximum absolute atomic E-state index is 10.4. The fraction of sp³-hybridized carbons (Fsp3) is 0. The van der Waals surface area contributed by atoms with Gasteiger partial charge in [-0.1, -0.05) is 35.3 Å². The summed E-state index contributed by atoms with van der Waals surface area (Å²) < 4.78 is 0. The van der Waals surface area contributed by atoms with Gasteiger partial charge in [0.2, 0.25) is 0 Å². The smallest absolute Gasteiger partial charge is 0.390 e. The molecule has 0 aliphatic carbocycles. The highest BCUT2D eigenvalue weighted by Crippen LogP contribution is 2.18. The molecule has 5 nitrogen and oxygen atoms in total. The molecule has 0 bridgehead atoms. The lowest BCUT2D eigenvalue weighted by Crippen LogP contribution is -1.89. The van der Waals surface area contributed by atoms with Gasteiger partial charge in [-0.05, 0) is 4.92 Å². The van der Waals surface area contributed by atoms with Crippen LogP contribution in [0.2, 0.25) is 0 Å². The fourth-order valence-electron chi connectivity index (χ4n) is 1.17. The van der Waals surface area contributed by atoms with E-state index in [2.05, 4.69) is 9.97 Å². The van der Waals surface area contributed by atoms with Gasteiger partial charge in [0.05, 0.1) is 0 Å². The molecule has 1 aromatic carbocycles. The normalized spacial score (nSPS) is 10.0. The number of nitrogens with zero attached hydrogens (tertiary/aromatic N) is 2. The Hall–Kier alpha value is -2.17. The summed E-state index contributed by atoms with van der Waals surface area (Å²) in [6, 6.07) is 9.33. The SMILES string of the molecule is O=[N+]([O-])c1ncc(-c2ccccc2)[nH]1. The summed E-state index contributed by atoms with van der Waals surface area (Å²) in [5.41, 5.74) is 1.53. The Kier molecular flexibility index (Phi) is 1.98. The number of hydrogen-bond acceptors (Lipinski definition) is 3. The zero-order valence-electron chi connectivity index (χ0n) is 7.18. The predicted octanol–water partition coefficient (Wildman–Crippen LogP) is 1.98. The van der Waals surface area contributed by atoms with Gasteiger partial charge in [-0.2, -0.15) is 0 Å². The van der Waals surface area contributed by atoms with Crippen LogP contribution < -0.4 is 0 Å². The summed E-state index contributed by atoms with van der Waals surface area (Å²) in [7, 11) is 0. The van der Waals surface area contributed by atoms with E-state index in [-0.39, 0.29) is 5.95 Å². The summed E-state index contributed by atoms with van der Waals surface area (Å²) in [4.78, 5) is 16.1. The Morgan fingerprint density at radius 3 is 2.57 bits per heavy atom. The summed E-state index contributed by atoms with van der Waals surface area (Å²) in [6.45, 7) is 0. The zero-order valence-corrected chi connectivity index (χ0v) is 7.18. The van der Waals surface area contributed by atoms with Crippen LogP contribution in [-0.2, 0) is 0 Å². The monoisotopic (exact) mass is 189 g/mol. The van der Waals surface area contributed by atoms with Crippen molar-refractivity contribution >= 4 is 5.95 Å². The van der Waals surface area contributed by atoms with Crippen molar-refractivity contribution in [2.75, 3.05) is 0 Å². The summed E-state index contributed by atoms with van der Waals surface area (Å²) in [6.07, 6.45) is 1.45. The fourth-order valence-corrected chi connectivity index (χ4v) is 1.17. The van der Waals surface area contributed by atoms with E-state index in [4.69, 9.17) is 0 Å². The molecular weight excluding hydrogens is 182 g/mol. The lowest BCUT2D eigenvalue weighted by atomic mass is 10.2. The van der Waals surface area contributed by atoms with Gasteiger partial charge in [0.15, 0.2) is 0 Å². The first kappa shape index (κ1) is 8.43. The van der Waals surface area contributed by atoms with Crippen LogP contribution in [0.5, 0.6) is 0 Å². The van der Waals surface area contributed by atoms with E-state index in [1.807, 2.05) is 30.3 Å². The standard InChI is InChI=1S/C9H7N3O2/c13-12(14)9-10-6-8(11-9)7-4-2-1-3-5-7/h1-6H,(H,10,11). The van der Waals surface area contributed by atoms with E-state index in [1.165, 1.54) is 6.20 Å². The molecule has 0 saturated carbocycles. The molecule has 2 rings (SSSR count). The van der Waals surface area contributed by atoms with Crippen LogP contribution in [0.1, 0.15) is 0 Å². The third-order valence-electron chi connectivity index (χ3n) is 1.82. The van der Waals surface area contributed by atoms with Crippen molar-refractivity contribution in [3.63, 3.8) is 0 Å². The number of benzene rings is 1. The molecule has 0 fully saturated rings. The molecule has 0 saturated heterocycles. The molecule has 1 aromatic heterocycles. The molecule has 0 amide bonds. The van der Waals surface area contributed by atoms with Gasteiger partial charge in [-0.25, -0.2) is 4.98 Å². The molecule has 0 atom stereocenters. The summed E-state index contributed by atoms with van der Waals surface area (Å²) in [5, 5.41) is 10.4. The Morgan fingerprint density at radius 2 is 2.00 bits per heavy atom. The maximum Gasteiger partial charge on any atom is 0.432 e. The minimum atomic E-state index is -0.549. The van der Waals surface area contributed by atoms with E-state index >= 15 is 0 Å². The van der Waals surface area contributed by atoms with Gasteiger partial charge in [0.25, 0.3) is 0 Å². The second-order valence-electron chi connectivity index (χ2n) is 2.74. The molecule has 5 heteroatoms. The highest BCUT2D eigenvalue weighted by atomic mass is 16.6. The van der Waals surface area contributed by atoms with Gasteiger partial charge in [0, 0.05) is 5.56 Å². The molecular formula is C9H7N3O2. The highest BCUT2D eigenvalue weighted by molar-refractivity contribution is 5.58. The molecule has 0 aliphatic rings.